The van der Waals surface area contributed by atoms with Gasteiger partial charge in [0, 0.05) is 31.6 Å². The summed E-state index contributed by atoms with van der Waals surface area (Å²) in [4.78, 5) is 120. The number of likely N-dealkylation sites (tertiary alicyclic amines) is 1. The fourth-order valence-electron chi connectivity index (χ4n) is 9.18. The van der Waals surface area contributed by atoms with E-state index in [0.717, 1.165) is 6.42 Å². The summed E-state index contributed by atoms with van der Waals surface area (Å²) in [6, 6.07) is 1.95. The average Bonchev–Trinajstić information content (AvgIpc) is 3.72. The molecule has 19 nitrogen and oxygen atoms in total. The fourth-order valence-corrected chi connectivity index (χ4v) is 9.18. The highest BCUT2D eigenvalue weighted by atomic mass is 19.1. The Morgan fingerprint density at radius 3 is 1.75 bits per heavy atom. The lowest BCUT2D eigenvalue weighted by molar-refractivity contribution is -0.138. The van der Waals surface area contributed by atoms with Crippen molar-refractivity contribution >= 4 is 53.2 Å². The number of hydrogen-bond acceptors (Lipinski definition) is 10. The van der Waals surface area contributed by atoms with Crippen molar-refractivity contribution in [2.75, 3.05) is 33.7 Å². The van der Waals surface area contributed by atoms with Crippen LogP contribution in [0, 0.1) is 35.4 Å². The van der Waals surface area contributed by atoms with Gasteiger partial charge in [-0.2, -0.15) is 0 Å². The summed E-state index contributed by atoms with van der Waals surface area (Å²) in [5, 5.41) is 19.4. The summed E-state index contributed by atoms with van der Waals surface area (Å²) in [5.41, 5.74) is 1.95. The molecule has 77 heavy (non-hydrogen) atoms. The Morgan fingerprint density at radius 1 is 0.675 bits per heavy atom. The first-order valence-electron chi connectivity index (χ1n) is 27.8. The molecule has 2 aliphatic rings. The minimum atomic E-state index is -1.43. The predicted molar refractivity (Wildman–Crippen MR) is 297 cm³/mol. The quantitative estimate of drug-likeness (QED) is 0.0593. The summed E-state index contributed by atoms with van der Waals surface area (Å²) in [5.74, 6) is -3.34. The number of primary amides is 1. The molecule has 9 amide bonds. The van der Waals surface area contributed by atoms with E-state index in [9.17, 15) is 47.5 Å². The highest BCUT2D eigenvalue weighted by Gasteiger charge is 2.41. The van der Waals surface area contributed by atoms with Crippen LogP contribution in [-0.4, -0.2) is 137 Å². The number of carbonyl (C=O) groups is 9. The molecule has 0 unspecified atom stereocenters. The molecular weight excluding hydrogens is 988 g/mol. The molecule has 1 saturated carbocycles. The molecule has 0 spiro atoms. The highest BCUT2D eigenvalue weighted by molar-refractivity contribution is 6.00. The molecule has 1 aromatic rings. The molecule has 9 N–H and O–H groups in total. The Balaban J connectivity index is 0.000000576. The maximum Gasteiger partial charge on any atom is 0.254 e. The molecule has 1 saturated heterocycles. The van der Waals surface area contributed by atoms with Crippen molar-refractivity contribution in [3.8, 4) is 0 Å². The van der Waals surface area contributed by atoms with E-state index in [1.807, 2.05) is 67.5 Å². The Hall–Kier alpha value is -5.66. The number of nitrogens with zero attached hydrogens (tertiary/aromatic N) is 2. The van der Waals surface area contributed by atoms with Gasteiger partial charge in [0.2, 0.25) is 47.3 Å². The van der Waals surface area contributed by atoms with Crippen molar-refractivity contribution in [3.05, 3.63) is 35.6 Å². The summed E-state index contributed by atoms with van der Waals surface area (Å²) in [7, 11) is 3.77. The minimum Gasteiger partial charge on any atom is -0.368 e. The van der Waals surface area contributed by atoms with Crippen LogP contribution in [0.2, 0.25) is 0 Å². The summed E-state index contributed by atoms with van der Waals surface area (Å²) in [6.45, 7) is 24.5. The standard InChI is InChI=1S/C34H65N7O6.C23H32FN3O3/c1-21(2)15-16-26(42)38-33(9,10)30(46)37-24(19-22(3)4)27(43)36-25(20-23(5)6)28(44)39-34(11,12)31(47)40-32(7,8)29(45)35-17-18-41(13)14;1-15-13-20(27(14-15)23(30)17-8-10-18(24)11-9-17)22(29)26-19(21(25)28)12-7-16-5-3-2-4-6-16/h21-25H,15-20H2,1-14H3,(H,35,45)(H,36,43)(H,37,46)(H,38,42)(H,39,44)(H,40,47);8-11,15-16,19-20H,2-7,12-14H2,1H3,(H2,25,28)(H,26,29)/t24-,25-;15-,19-,20-/m00/s1. The SMILES string of the molecule is CC(C)CCC(=O)NC(C)(C)C(=O)N[C@@H](CC(C)C)C(=O)N[C@@H](CC(C)C)C(=O)NC(C)(C)C(=O)NC(C)(C)C(=O)NCCN(C)C.C[C@H]1C[C@@H](C(=O)N[C@@H](CCC2CCCCC2)C(N)=O)N(C(=O)c2ccc(F)cc2)C1. The number of hydrogen-bond donors (Lipinski definition) is 8. The normalized spacial score (nSPS) is 17.4. The topological polar surface area (TPSA) is 270 Å². The van der Waals surface area contributed by atoms with Crippen LogP contribution >= 0.6 is 0 Å². The third-order valence-electron chi connectivity index (χ3n) is 13.9. The molecule has 3 rings (SSSR count). The second-order valence-corrected chi connectivity index (χ2v) is 24.6. The number of halogens is 1. The van der Waals surface area contributed by atoms with Crippen LogP contribution in [0.15, 0.2) is 24.3 Å². The van der Waals surface area contributed by atoms with Gasteiger partial charge in [-0.1, -0.05) is 80.6 Å². The number of amides is 9. The van der Waals surface area contributed by atoms with E-state index in [1.165, 1.54) is 75.1 Å². The van der Waals surface area contributed by atoms with Gasteiger partial charge in [0.25, 0.3) is 5.91 Å². The third kappa shape index (κ3) is 23.9. The highest BCUT2D eigenvalue weighted by Crippen LogP contribution is 2.29. The average molecular weight is 1090 g/mol. The summed E-state index contributed by atoms with van der Waals surface area (Å²) >= 11 is 0. The molecule has 2 fully saturated rings. The Labute approximate surface area is 458 Å². The first-order valence-corrected chi connectivity index (χ1v) is 27.8. The van der Waals surface area contributed by atoms with Gasteiger partial charge >= 0.3 is 0 Å². The second-order valence-electron chi connectivity index (χ2n) is 24.6. The zero-order valence-electron chi connectivity index (χ0n) is 49.1. The lowest BCUT2D eigenvalue weighted by atomic mass is 9.85. The van der Waals surface area contributed by atoms with E-state index in [-0.39, 0.29) is 54.2 Å². The molecule has 20 heteroatoms. The van der Waals surface area contributed by atoms with Gasteiger partial charge in [-0.25, -0.2) is 4.39 Å². The molecule has 0 radical (unpaired) electrons. The first-order chi connectivity index (χ1) is 35.6. The number of rotatable bonds is 27. The Kier molecular flexibility index (Phi) is 27.2. The number of carbonyl (C=O) groups excluding carboxylic acids is 9. The van der Waals surface area contributed by atoms with Gasteiger partial charge in [-0.05, 0) is 148 Å². The van der Waals surface area contributed by atoms with Crippen molar-refractivity contribution in [1.29, 1.82) is 0 Å². The van der Waals surface area contributed by atoms with Crippen LogP contribution < -0.4 is 43.0 Å². The summed E-state index contributed by atoms with van der Waals surface area (Å²) in [6.07, 6.45) is 9.50. The van der Waals surface area contributed by atoms with Gasteiger partial charge in [0.1, 0.15) is 46.6 Å². The molecule has 1 aliphatic heterocycles. The maximum atomic E-state index is 13.6. The number of likely N-dealkylation sites (N-methyl/N-ethyl adjacent to an activating group) is 1. The summed E-state index contributed by atoms with van der Waals surface area (Å²) < 4.78 is 13.2. The molecule has 5 atom stereocenters. The van der Waals surface area contributed by atoms with Crippen LogP contribution in [0.1, 0.15) is 177 Å². The van der Waals surface area contributed by atoms with Gasteiger partial charge < -0.3 is 52.8 Å². The first kappa shape index (κ1) is 67.4. The van der Waals surface area contributed by atoms with Crippen LogP contribution in [0.5, 0.6) is 0 Å². The van der Waals surface area contributed by atoms with Crippen molar-refractivity contribution in [1.82, 2.24) is 47.0 Å². The molecule has 0 aromatic heterocycles. The van der Waals surface area contributed by atoms with E-state index in [0.29, 0.717) is 62.7 Å². The Morgan fingerprint density at radius 2 is 1.22 bits per heavy atom. The van der Waals surface area contributed by atoms with Crippen molar-refractivity contribution < 1.29 is 47.5 Å². The molecule has 1 heterocycles. The van der Waals surface area contributed by atoms with Crippen LogP contribution in [0.25, 0.3) is 0 Å². The van der Waals surface area contributed by atoms with Crippen molar-refractivity contribution in [3.63, 3.8) is 0 Å². The second kappa shape index (κ2) is 31.1. The third-order valence-corrected chi connectivity index (χ3v) is 13.9. The maximum absolute atomic E-state index is 13.6. The zero-order chi connectivity index (χ0) is 58.6. The van der Waals surface area contributed by atoms with Gasteiger partial charge in [-0.15, -0.1) is 0 Å². The molecule has 1 aliphatic carbocycles. The van der Waals surface area contributed by atoms with Crippen LogP contribution in [0.4, 0.5) is 4.39 Å². The fraction of sp³-hybridized carbons (Fsp3) is 0.737. The van der Waals surface area contributed by atoms with Crippen molar-refractivity contribution in [2.45, 2.75) is 208 Å². The predicted octanol–water partition coefficient (Wildman–Crippen LogP) is 4.85. The van der Waals surface area contributed by atoms with E-state index in [1.54, 1.807) is 27.7 Å². The Bertz CT molecular complexity index is 2140. The largest absolute Gasteiger partial charge is 0.368 e. The number of benzene rings is 1. The van der Waals surface area contributed by atoms with Crippen LogP contribution in [-0.2, 0) is 38.4 Å². The van der Waals surface area contributed by atoms with E-state index >= 15 is 0 Å². The smallest absolute Gasteiger partial charge is 0.254 e. The van der Waals surface area contributed by atoms with E-state index < -0.39 is 76.1 Å². The minimum absolute atomic E-state index is 0.00547. The van der Waals surface area contributed by atoms with Crippen LogP contribution in [0.3, 0.4) is 0 Å². The van der Waals surface area contributed by atoms with Gasteiger partial charge in [-0.3, -0.25) is 43.2 Å². The zero-order valence-corrected chi connectivity index (χ0v) is 49.1. The lowest BCUT2D eigenvalue weighted by Gasteiger charge is -2.33. The van der Waals surface area contributed by atoms with E-state index in [4.69, 9.17) is 5.73 Å². The molecular formula is C57H97FN10O9. The number of nitrogens with two attached hydrogens (primary N) is 1. The van der Waals surface area contributed by atoms with Gasteiger partial charge in [0.15, 0.2) is 0 Å². The molecule has 0 bridgehead atoms. The van der Waals surface area contributed by atoms with E-state index in [2.05, 4.69) is 37.2 Å². The van der Waals surface area contributed by atoms with Crippen molar-refractivity contribution in [2.24, 2.45) is 35.3 Å². The monoisotopic (exact) mass is 1080 g/mol. The lowest BCUT2D eigenvalue weighted by Crippen LogP contribution is -2.65. The molecule has 436 valence electrons. The molecule has 1 aromatic carbocycles. The number of nitrogens with one attached hydrogen (secondary N) is 7. The van der Waals surface area contributed by atoms with Gasteiger partial charge in [0.05, 0.1) is 0 Å².